The van der Waals surface area contributed by atoms with Crippen molar-refractivity contribution in [2.75, 3.05) is 0 Å². The molecule has 1 radical (unpaired) electrons. The van der Waals surface area contributed by atoms with Gasteiger partial charge in [-0.1, -0.05) is 60.7 Å². The summed E-state index contributed by atoms with van der Waals surface area (Å²) in [6.45, 7) is 0. The van der Waals surface area contributed by atoms with Crippen molar-refractivity contribution in [3.63, 3.8) is 0 Å². The van der Waals surface area contributed by atoms with E-state index in [1.54, 1.807) is 0 Å². The zero-order valence-corrected chi connectivity index (χ0v) is 8.85. The molecule has 1 heteroatoms. The standard InChI is InChI=1S/C16H11.Li.H/c1-2-6-13(7-3-1)16-11-10-14-8-4-5-9-15(14)12-16;;/h2-12H;;. The maximum atomic E-state index is 3.04. The number of hydrogen-bond donors (Lipinski definition) is 0. The van der Waals surface area contributed by atoms with Crippen molar-refractivity contribution >= 4 is 29.6 Å². The van der Waals surface area contributed by atoms with Crippen LogP contribution in [0.1, 0.15) is 0 Å². The van der Waals surface area contributed by atoms with Gasteiger partial charge in [0, 0.05) is 0 Å². The van der Waals surface area contributed by atoms with Crippen LogP contribution in [0.15, 0.2) is 66.7 Å². The molecule has 0 atom stereocenters. The molecule has 77 valence electrons. The zero-order chi connectivity index (χ0) is 10.8. The van der Waals surface area contributed by atoms with Crippen LogP contribution in [0.3, 0.4) is 0 Å². The van der Waals surface area contributed by atoms with E-state index in [4.69, 9.17) is 0 Å². The fourth-order valence-corrected chi connectivity index (χ4v) is 1.95. The van der Waals surface area contributed by atoms with Gasteiger partial charge in [0.2, 0.25) is 0 Å². The molecule has 0 spiro atoms. The average Bonchev–Trinajstić information content (AvgIpc) is 2.39. The Bertz CT molecular complexity index is 615. The van der Waals surface area contributed by atoms with Crippen molar-refractivity contribution in [1.82, 2.24) is 0 Å². The largest absolute Gasteiger partial charge is 0.0616 e. The first-order valence-corrected chi connectivity index (χ1v) is 5.39. The van der Waals surface area contributed by atoms with E-state index in [9.17, 15) is 0 Å². The summed E-state index contributed by atoms with van der Waals surface area (Å²) in [7, 11) is 0. The Morgan fingerprint density at radius 3 is 2.12 bits per heavy atom. The second-order valence-corrected chi connectivity index (χ2v) is 3.85. The SMILES string of the molecule is [LiH].[c]1ccc(-c2ccc3ccccc3c2)cc1. The summed E-state index contributed by atoms with van der Waals surface area (Å²) in [5.41, 5.74) is 2.50. The predicted octanol–water partition coefficient (Wildman–Crippen LogP) is 3.66. The molecule has 0 aliphatic rings. The van der Waals surface area contributed by atoms with Gasteiger partial charge in [-0.25, -0.2) is 0 Å². The van der Waals surface area contributed by atoms with Gasteiger partial charge >= 0.3 is 18.9 Å². The van der Waals surface area contributed by atoms with Crippen LogP contribution in [0.5, 0.6) is 0 Å². The van der Waals surface area contributed by atoms with Gasteiger partial charge in [0.1, 0.15) is 0 Å². The monoisotopic (exact) mass is 211 g/mol. The van der Waals surface area contributed by atoms with Gasteiger partial charge in [-0.2, -0.15) is 0 Å². The van der Waals surface area contributed by atoms with Crippen molar-refractivity contribution in [3.05, 3.63) is 72.8 Å². The molecule has 0 aliphatic carbocycles. The second-order valence-electron chi connectivity index (χ2n) is 3.85. The smallest absolute Gasteiger partial charge is 0.0178 e. The molecule has 0 amide bonds. The molecule has 0 aliphatic heterocycles. The molecule has 0 saturated heterocycles. The topological polar surface area (TPSA) is 0 Å². The fraction of sp³-hybridized carbons (Fsp3) is 0. The van der Waals surface area contributed by atoms with Crippen LogP contribution in [0.2, 0.25) is 0 Å². The van der Waals surface area contributed by atoms with Crippen LogP contribution < -0.4 is 0 Å². The quantitative estimate of drug-likeness (QED) is 0.539. The van der Waals surface area contributed by atoms with Crippen LogP contribution in [0, 0.1) is 6.07 Å². The second kappa shape index (κ2) is 5.23. The molecule has 0 heterocycles. The normalized spacial score (nSPS) is 9.88. The Morgan fingerprint density at radius 2 is 1.35 bits per heavy atom. The van der Waals surface area contributed by atoms with E-state index in [-0.39, 0.29) is 18.9 Å². The van der Waals surface area contributed by atoms with Crippen LogP contribution in [0.25, 0.3) is 21.9 Å². The fourth-order valence-electron chi connectivity index (χ4n) is 1.95. The first kappa shape index (κ1) is 12.0. The molecule has 0 N–H and O–H groups in total. The molecule has 0 unspecified atom stereocenters. The third-order valence-electron chi connectivity index (χ3n) is 2.80. The van der Waals surface area contributed by atoms with Crippen LogP contribution in [-0.2, 0) is 0 Å². The van der Waals surface area contributed by atoms with E-state index in [0.29, 0.717) is 0 Å². The molecular weight excluding hydrogens is 199 g/mol. The van der Waals surface area contributed by atoms with E-state index >= 15 is 0 Å². The molecule has 3 aromatic carbocycles. The first-order chi connectivity index (χ1) is 7.93. The minimum atomic E-state index is 0. The third kappa shape index (κ3) is 2.44. The molecular formula is C16H12Li. The van der Waals surface area contributed by atoms with Crippen molar-refractivity contribution < 1.29 is 0 Å². The maximum Gasteiger partial charge on any atom is -0.0178 e. The van der Waals surface area contributed by atoms with Gasteiger partial charge in [-0.3, -0.25) is 0 Å². The van der Waals surface area contributed by atoms with Crippen molar-refractivity contribution in [3.8, 4) is 11.1 Å². The molecule has 0 nitrogen and oxygen atoms in total. The van der Waals surface area contributed by atoms with E-state index in [1.165, 1.54) is 21.9 Å². The Labute approximate surface area is 113 Å². The summed E-state index contributed by atoms with van der Waals surface area (Å²) in [6.07, 6.45) is 0. The van der Waals surface area contributed by atoms with Crippen LogP contribution >= 0.6 is 0 Å². The van der Waals surface area contributed by atoms with E-state index in [2.05, 4.69) is 60.7 Å². The van der Waals surface area contributed by atoms with Gasteiger partial charge in [-0.15, -0.1) is 0 Å². The molecule has 0 fully saturated rings. The summed E-state index contributed by atoms with van der Waals surface area (Å²) in [6, 6.07) is 26.1. The molecule has 3 aromatic rings. The number of fused-ring (bicyclic) bond motifs is 1. The van der Waals surface area contributed by atoms with Crippen molar-refractivity contribution in [2.45, 2.75) is 0 Å². The van der Waals surface area contributed by atoms with Gasteiger partial charge in [0.05, 0.1) is 0 Å². The zero-order valence-electron chi connectivity index (χ0n) is 8.85. The Balaban J connectivity index is 0.00000108. The number of benzene rings is 3. The van der Waals surface area contributed by atoms with Crippen LogP contribution in [-0.4, -0.2) is 18.9 Å². The molecule has 0 saturated carbocycles. The van der Waals surface area contributed by atoms with E-state index in [0.717, 1.165) is 0 Å². The minimum absolute atomic E-state index is 0. The Hall–Kier alpha value is -1.48. The van der Waals surface area contributed by atoms with Gasteiger partial charge < -0.3 is 0 Å². The van der Waals surface area contributed by atoms with Crippen LogP contribution in [0.4, 0.5) is 0 Å². The van der Waals surface area contributed by atoms with Crippen molar-refractivity contribution in [2.24, 2.45) is 0 Å². The number of rotatable bonds is 1. The number of hydrogen-bond acceptors (Lipinski definition) is 0. The average molecular weight is 211 g/mol. The first-order valence-electron chi connectivity index (χ1n) is 5.39. The Kier molecular flexibility index (Phi) is 3.69. The maximum absolute atomic E-state index is 3.04. The van der Waals surface area contributed by atoms with E-state index < -0.39 is 0 Å². The molecule has 17 heavy (non-hydrogen) atoms. The Morgan fingerprint density at radius 1 is 0.647 bits per heavy atom. The van der Waals surface area contributed by atoms with Crippen molar-refractivity contribution in [1.29, 1.82) is 0 Å². The van der Waals surface area contributed by atoms with Gasteiger partial charge in [-0.05, 0) is 34.0 Å². The summed E-state index contributed by atoms with van der Waals surface area (Å²) in [5, 5.41) is 2.57. The summed E-state index contributed by atoms with van der Waals surface area (Å²) < 4.78 is 0. The molecule has 3 rings (SSSR count). The minimum Gasteiger partial charge on any atom is -0.0616 e. The predicted molar refractivity (Wildman–Crippen MR) is 75.4 cm³/mol. The summed E-state index contributed by atoms with van der Waals surface area (Å²) in [5.74, 6) is 0. The summed E-state index contributed by atoms with van der Waals surface area (Å²) in [4.78, 5) is 0. The molecule has 0 bridgehead atoms. The third-order valence-corrected chi connectivity index (χ3v) is 2.80. The summed E-state index contributed by atoms with van der Waals surface area (Å²) >= 11 is 0. The van der Waals surface area contributed by atoms with Gasteiger partial charge in [0.25, 0.3) is 0 Å². The van der Waals surface area contributed by atoms with Gasteiger partial charge in [0.15, 0.2) is 0 Å². The van der Waals surface area contributed by atoms with E-state index in [1.807, 2.05) is 12.1 Å². The molecule has 0 aromatic heterocycles.